The smallest absolute Gasteiger partial charge is 0.447 e. The van der Waals surface area contributed by atoms with E-state index in [9.17, 15) is 28.0 Å². The molecule has 2 amide bonds. The van der Waals surface area contributed by atoms with Gasteiger partial charge < -0.3 is 24.5 Å². The number of hydrogen-bond acceptors (Lipinski definition) is 7. The molecule has 0 radical (unpaired) electrons. The Labute approximate surface area is 232 Å². The van der Waals surface area contributed by atoms with Gasteiger partial charge in [0.25, 0.3) is 0 Å². The number of benzene rings is 2. The van der Waals surface area contributed by atoms with Crippen molar-refractivity contribution >= 4 is 48.0 Å². The van der Waals surface area contributed by atoms with Gasteiger partial charge in [-0.25, -0.2) is 23.1 Å². The van der Waals surface area contributed by atoms with Crippen LogP contribution in [-0.2, 0) is 25.0 Å². The molecule has 0 saturated heterocycles. The summed E-state index contributed by atoms with van der Waals surface area (Å²) in [5.41, 5.74) is 0.411. The van der Waals surface area contributed by atoms with Gasteiger partial charge in [-0.2, -0.15) is 0 Å². The fourth-order valence-corrected chi connectivity index (χ4v) is 4.35. The highest BCUT2D eigenvalue weighted by atomic mass is 35.5. The van der Waals surface area contributed by atoms with Gasteiger partial charge in [0.1, 0.15) is 24.1 Å². The van der Waals surface area contributed by atoms with E-state index in [-0.39, 0.29) is 30.1 Å². The number of likely N-dealkylation sites (N-methyl/N-ethyl adjacent to an activating group) is 1. The molecule has 2 aromatic carbocycles. The molecule has 0 fully saturated rings. The summed E-state index contributed by atoms with van der Waals surface area (Å²) in [6.45, 7) is -1.17. The van der Waals surface area contributed by atoms with Gasteiger partial charge in [-0.1, -0.05) is 23.7 Å². The minimum Gasteiger partial charge on any atom is -0.447 e. The van der Waals surface area contributed by atoms with Crippen LogP contribution in [0.15, 0.2) is 48.7 Å². The van der Waals surface area contributed by atoms with Gasteiger partial charge in [-0.3, -0.25) is 14.6 Å². The van der Waals surface area contributed by atoms with Crippen molar-refractivity contribution in [2.45, 2.75) is 31.4 Å². The third kappa shape index (κ3) is 9.47. The molecule has 3 aromatic rings. The molecule has 15 heteroatoms. The number of aromatic nitrogens is 1. The molecule has 11 nitrogen and oxygen atoms in total. The van der Waals surface area contributed by atoms with Crippen molar-refractivity contribution in [3.63, 3.8) is 0 Å². The Morgan fingerprint density at radius 1 is 1.15 bits per heavy atom. The number of ether oxygens (including phenoxy) is 1. The van der Waals surface area contributed by atoms with Crippen molar-refractivity contribution in [3.8, 4) is 0 Å². The molecule has 0 unspecified atom stereocenters. The van der Waals surface area contributed by atoms with E-state index in [1.165, 1.54) is 54.5 Å². The highest BCUT2D eigenvalue weighted by molar-refractivity contribution is 7.46. The molecule has 3 rings (SSSR count). The first-order valence-corrected chi connectivity index (χ1v) is 13.8. The number of fused-ring (bicyclic) bond motifs is 1. The number of anilines is 1. The lowest BCUT2D eigenvalue weighted by Gasteiger charge is -2.29. The number of aryl methyl sites for hydroxylation is 1. The van der Waals surface area contributed by atoms with Gasteiger partial charge in [0.2, 0.25) is 5.91 Å². The number of nitrogens with zero attached hydrogens (tertiary/aromatic N) is 2. The van der Waals surface area contributed by atoms with E-state index >= 15 is 0 Å². The minimum absolute atomic E-state index is 0.0751. The number of phosphoric acid groups is 1. The van der Waals surface area contributed by atoms with E-state index in [0.717, 1.165) is 0 Å². The van der Waals surface area contributed by atoms with Crippen LogP contribution in [0.1, 0.15) is 18.4 Å². The Kier molecular flexibility index (Phi) is 10.9. The van der Waals surface area contributed by atoms with Gasteiger partial charge in [0, 0.05) is 25.1 Å². The first-order valence-electron chi connectivity index (χ1n) is 11.9. The lowest BCUT2D eigenvalue weighted by molar-refractivity contribution is -0.133. The maximum absolute atomic E-state index is 13.7. The quantitative estimate of drug-likeness (QED) is 0.225. The molecule has 2 atom stereocenters. The molecule has 216 valence electrons. The monoisotopic (exact) mass is 601 g/mol. The molecule has 0 spiro atoms. The highest BCUT2D eigenvalue weighted by Gasteiger charge is 2.26. The average Bonchev–Trinajstić information content (AvgIpc) is 2.89. The van der Waals surface area contributed by atoms with E-state index in [1.807, 2.05) is 0 Å². The van der Waals surface area contributed by atoms with Crippen LogP contribution in [0, 0.1) is 11.6 Å². The first kappa shape index (κ1) is 31.3. The van der Waals surface area contributed by atoms with Crippen LogP contribution in [0.3, 0.4) is 0 Å². The lowest BCUT2D eigenvalue weighted by Crippen LogP contribution is -2.43. The van der Waals surface area contributed by atoms with Crippen LogP contribution in [0.25, 0.3) is 10.8 Å². The SMILES string of the molecule is CN(C(=O)CCc1cccc(F)c1Cl)[C@H](COC(=O)Nc1cc2cc(F)ccc2cn1)C[C@@H](O)COP(=O)(O)O. The molecule has 4 N–H and O–H groups in total. The zero-order chi connectivity index (χ0) is 29.4. The number of hydrogen-bond donors (Lipinski definition) is 4. The Morgan fingerprint density at radius 2 is 1.90 bits per heavy atom. The van der Waals surface area contributed by atoms with Gasteiger partial charge in [-0.15, -0.1) is 0 Å². The lowest BCUT2D eigenvalue weighted by atomic mass is 10.1. The maximum atomic E-state index is 13.7. The van der Waals surface area contributed by atoms with Crippen LogP contribution >= 0.6 is 19.4 Å². The second-order valence-electron chi connectivity index (χ2n) is 8.83. The van der Waals surface area contributed by atoms with Crippen molar-refractivity contribution in [1.29, 1.82) is 0 Å². The number of pyridine rings is 1. The van der Waals surface area contributed by atoms with Crippen LogP contribution in [0.2, 0.25) is 5.02 Å². The Bertz CT molecular complexity index is 1410. The van der Waals surface area contributed by atoms with Gasteiger partial charge >= 0.3 is 13.9 Å². The standard InChI is InChI=1S/C25H27ClF2N3O8P/c1-31(23(33)8-6-15-3-2-4-21(28)24(15)26)19(11-20(32)14-39-40(35,36)37)13-38-25(34)30-22-10-17-9-18(27)7-5-16(17)12-29-22/h2-5,7,9-10,12,19-20,32H,6,8,11,13-14H2,1H3,(H,29,30,34)(H2,35,36,37)/t19-,20+/m0/s1. The van der Waals surface area contributed by atoms with E-state index in [1.54, 1.807) is 6.07 Å². The van der Waals surface area contributed by atoms with Crippen LogP contribution in [0.5, 0.6) is 0 Å². The number of aliphatic hydroxyl groups excluding tert-OH is 1. The summed E-state index contributed by atoms with van der Waals surface area (Å²) in [6.07, 6.45) is -1.23. The van der Waals surface area contributed by atoms with Crippen molar-refractivity contribution in [2.24, 2.45) is 0 Å². The minimum atomic E-state index is -4.86. The summed E-state index contributed by atoms with van der Waals surface area (Å²) in [7, 11) is -3.47. The molecule has 0 saturated carbocycles. The number of halogens is 3. The predicted octanol–water partition coefficient (Wildman–Crippen LogP) is 4.04. The molecule has 40 heavy (non-hydrogen) atoms. The van der Waals surface area contributed by atoms with Gasteiger partial charge in [0.05, 0.1) is 23.8 Å². The Morgan fingerprint density at radius 3 is 2.62 bits per heavy atom. The van der Waals surface area contributed by atoms with Crippen LogP contribution < -0.4 is 5.32 Å². The number of carbonyl (C=O) groups is 2. The van der Waals surface area contributed by atoms with Crippen molar-refractivity contribution < 1.29 is 47.1 Å². The molecule has 0 aliphatic heterocycles. The van der Waals surface area contributed by atoms with E-state index in [0.29, 0.717) is 16.3 Å². The summed E-state index contributed by atoms with van der Waals surface area (Å²) in [5.74, 6) is -1.48. The predicted molar refractivity (Wildman–Crippen MR) is 142 cm³/mol. The zero-order valence-electron chi connectivity index (χ0n) is 21.2. The normalized spacial score (nSPS) is 13.1. The zero-order valence-corrected chi connectivity index (χ0v) is 22.8. The molecule has 1 aromatic heterocycles. The number of amides is 2. The highest BCUT2D eigenvalue weighted by Crippen LogP contribution is 2.36. The van der Waals surface area contributed by atoms with E-state index < -0.39 is 56.8 Å². The molecule has 0 aliphatic carbocycles. The van der Waals surface area contributed by atoms with Gasteiger partial charge in [0.15, 0.2) is 0 Å². The third-order valence-electron chi connectivity index (χ3n) is 5.88. The van der Waals surface area contributed by atoms with Crippen molar-refractivity contribution in [2.75, 3.05) is 25.6 Å². The molecule has 0 bridgehead atoms. The van der Waals surface area contributed by atoms with Crippen LogP contribution in [0.4, 0.5) is 19.4 Å². The fraction of sp³-hybridized carbons (Fsp3) is 0.320. The fourth-order valence-electron chi connectivity index (χ4n) is 3.76. The summed E-state index contributed by atoms with van der Waals surface area (Å²) in [6, 6.07) is 8.77. The third-order valence-corrected chi connectivity index (χ3v) is 6.79. The summed E-state index contributed by atoms with van der Waals surface area (Å²) < 4.78 is 47.8. The number of phosphoric ester groups is 1. The average molecular weight is 602 g/mol. The molecule has 0 aliphatic rings. The summed E-state index contributed by atoms with van der Waals surface area (Å²) >= 11 is 5.95. The largest absolute Gasteiger partial charge is 0.469 e. The number of nitrogens with one attached hydrogen (secondary N) is 1. The van der Waals surface area contributed by atoms with E-state index in [4.69, 9.17) is 26.1 Å². The second kappa shape index (κ2) is 13.9. The number of rotatable bonds is 12. The van der Waals surface area contributed by atoms with E-state index in [2.05, 4.69) is 14.8 Å². The molecular formula is C25H27ClF2N3O8P. The maximum Gasteiger partial charge on any atom is 0.469 e. The van der Waals surface area contributed by atoms with Gasteiger partial charge in [-0.05, 0) is 54.1 Å². The topological polar surface area (TPSA) is 159 Å². The Hall–Kier alpha value is -3.19. The summed E-state index contributed by atoms with van der Waals surface area (Å²) in [4.78, 5) is 48.4. The molecular weight excluding hydrogens is 575 g/mol. The molecule has 1 heterocycles. The number of carbonyl (C=O) groups excluding carboxylic acids is 2. The summed E-state index contributed by atoms with van der Waals surface area (Å²) in [5, 5.41) is 13.7. The van der Waals surface area contributed by atoms with Crippen LogP contribution in [-0.4, -0.2) is 69.2 Å². The second-order valence-corrected chi connectivity index (χ2v) is 10.4. The van der Waals surface area contributed by atoms with Crippen molar-refractivity contribution in [3.05, 3.63) is 70.9 Å². The number of aliphatic hydroxyl groups is 1. The Balaban J connectivity index is 1.65. The first-order chi connectivity index (χ1) is 18.8. The van der Waals surface area contributed by atoms with Crippen molar-refractivity contribution in [1.82, 2.24) is 9.88 Å².